The fourth-order valence-corrected chi connectivity index (χ4v) is 4.68. The summed E-state index contributed by atoms with van der Waals surface area (Å²) < 4.78 is 0. The summed E-state index contributed by atoms with van der Waals surface area (Å²) in [6.07, 6.45) is 8.78. The van der Waals surface area contributed by atoms with Crippen LogP contribution in [0, 0.1) is 5.92 Å². The van der Waals surface area contributed by atoms with Gasteiger partial charge in [0.2, 0.25) is 0 Å². The molecule has 0 saturated carbocycles. The first-order valence-corrected chi connectivity index (χ1v) is 12.6. The number of allylic oxidation sites excluding steroid dienone is 4. The molecule has 0 radical (unpaired) electrons. The highest BCUT2D eigenvalue weighted by molar-refractivity contribution is 6.30. The van der Waals surface area contributed by atoms with Crippen molar-refractivity contribution in [2.75, 3.05) is 0 Å². The van der Waals surface area contributed by atoms with E-state index in [-0.39, 0.29) is 0 Å². The topological polar surface area (TPSA) is 0 Å². The number of benzene rings is 2. The van der Waals surface area contributed by atoms with Gasteiger partial charge in [0.05, 0.1) is 0 Å². The van der Waals surface area contributed by atoms with Gasteiger partial charge in [-0.25, -0.2) is 0 Å². The summed E-state index contributed by atoms with van der Waals surface area (Å²) in [5, 5.41) is 0.775. The molecule has 1 heteroatoms. The average Bonchev–Trinajstić information content (AvgIpc) is 3.11. The molecule has 1 aliphatic carbocycles. The van der Waals surface area contributed by atoms with E-state index in [4.69, 9.17) is 11.6 Å². The first-order chi connectivity index (χ1) is 15.3. The van der Waals surface area contributed by atoms with Gasteiger partial charge in [0, 0.05) is 5.02 Å². The van der Waals surface area contributed by atoms with Gasteiger partial charge in [-0.1, -0.05) is 106 Å². The molecule has 172 valence electrons. The summed E-state index contributed by atoms with van der Waals surface area (Å²) in [6.45, 7) is 19.3. The summed E-state index contributed by atoms with van der Waals surface area (Å²) in [7, 11) is 0. The standard InChI is InChI=1S/C19H17Cl.C12H24/c1-12(2)19-11-16-10-15(6-9-18(16)13(19)3)14-4-7-17(20)8-5-14;1-5-8-10-12(7-3)11(4)9-6-2/h4-10H,1,11H2,2-3H3;12H,4-10H2,1-3H3. The lowest BCUT2D eigenvalue weighted by atomic mass is 9.90. The van der Waals surface area contributed by atoms with E-state index < -0.39 is 0 Å². The van der Waals surface area contributed by atoms with E-state index in [1.54, 1.807) is 0 Å². The highest BCUT2D eigenvalue weighted by atomic mass is 35.5. The Labute approximate surface area is 202 Å². The van der Waals surface area contributed by atoms with E-state index >= 15 is 0 Å². The molecule has 0 N–H and O–H groups in total. The largest absolute Gasteiger partial charge is 0.0996 e. The molecule has 0 nitrogen and oxygen atoms in total. The minimum absolute atomic E-state index is 0.775. The lowest BCUT2D eigenvalue weighted by molar-refractivity contribution is 0.500. The summed E-state index contributed by atoms with van der Waals surface area (Å²) >= 11 is 5.95. The zero-order valence-corrected chi connectivity index (χ0v) is 21.6. The SMILES string of the molecule is C=C(C)C1=C(C)c2ccc(-c3ccc(Cl)cc3)cc2C1.C=C(CCC)C(CC)CCCC. The smallest absolute Gasteiger partial charge is 0.0406 e. The van der Waals surface area contributed by atoms with Gasteiger partial charge in [-0.05, 0) is 91.0 Å². The maximum Gasteiger partial charge on any atom is 0.0406 e. The zero-order valence-electron chi connectivity index (χ0n) is 20.9. The molecule has 0 fully saturated rings. The van der Waals surface area contributed by atoms with Crippen molar-refractivity contribution in [3.05, 3.63) is 88.5 Å². The van der Waals surface area contributed by atoms with Crippen molar-refractivity contribution in [1.82, 2.24) is 0 Å². The molecule has 0 amide bonds. The molecule has 2 aromatic carbocycles. The van der Waals surface area contributed by atoms with E-state index in [0.717, 1.165) is 17.4 Å². The molecule has 1 aliphatic rings. The van der Waals surface area contributed by atoms with Crippen LogP contribution >= 0.6 is 11.6 Å². The van der Waals surface area contributed by atoms with E-state index in [2.05, 4.69) is 78.1 Å². The number of unbranched alkanes of at least 4 members (excludes halogenated alkanes) is 1. The fraction of sp³-hybridized carbons (Fsp3) is 0.419. The number of hydrogen-bond acceptors (Lipinski definition) is 0. The Morgan fingerprint density at radius 1 is 0.969 bits per heavy atom. The van der Waals surface area contributed by atoms with Crippen LogP contribution in [0.25, 0.3) is 16.7 Å². The van der Waals surface area contributed by atoms with Crippen molar-refractivity contribution in [2.24, 2.45) is 5.92 Å². The summed E-state index contributed by atoms with van der Waals surface area (Å²) in [5.41, 5.74) is 10.6. The Morgan fingerprint density at radius 3 is 2.19 bits per heavy atom. The minimum Gasteiger partial charge on any atom is -0.0996 e. The maximum absolute atomic E-state index is 5.95. The van der Waals surface area contributed by atoms with Crippen molar-refractivity contribution in [3.63, 3.8) is 0 Å². The number of rotatable bonds is 9. The van der Waals surface area contributed by atoms with Gasteiger partial charge in [-0.3, -0.25) is 0 Å². The van der Waals surface area contributed by atoms with Gasteiger partial charge in [0.25, 0.3) is 0 Å². The van der Waals surface area contributed by atoms with Crippen LogP contribution in [-0.4, -0.2) is 0 Å². The van der Waals surface area contributed by atoms with Crippen LogP contribution in [0.3, 0.4) is 0 Å². The van der Waals surface area contributed by atoms with Gasteiger partial charge >= 0.3 is 0 Å². The number of hydrogen-bond donors (Lipinski definition) is 0. The predicted octanol–water partition coefficient (Wildman–Crippen LogP) is 10.5. The second-order valence-corrected chi connectivity index (χ2v) is 9.53. The highest BCUT2D eigenvalue weighted by Crippen LogP contribution is 2.37. The van der Waals surface area contributed by atoms with Crippen LogP contribution in [0.1, 0.15) is 84.3 Å². The molecular formula is C31H41Cl. The van der Waals surface area contributed by atoms with Gasteiger partial charge in [0.1, 0.15) is 0 Å². The van der Waals surface area contributed by atoms with E-state index in [9.17, 15) is 0 Å². The van der Waals surface area contributed by atoms with Gasteiger partial charge in [-0.2, -0.15) is 0 Å². The Kier molecular flexibility index (Phi) is 10.5. The molecule has 0 aromatic heterocycles. The second-order valence-electron chi connectivity index (χ2n) is 9.10. The van der Waals surface area contributed by atoms with E-state index in [1.807, 2.05) is 12.1 Å². The monoisotopic (exact) mass is 448 g/mol. The van der Waals surface area contributed by atoms with E-state index in [1.165, 1.54) is 83.1 Å². The van der Waals surface area contributed by atoms with Crippen LogP contribution < -0.4 is 0 Å². The Balaban J connectivity index is 0.000000262. The maximum atomic E-state index is 5.95. The lowest BCUT2D eigenvalue weighted by Gasteiger charge is -2.16. The van der Waals surface area contributed by atoms with Crippen molar-refractivity contribution >= 4 is 17.2 Å². The Bertz CT molecular complexity index is 943. The van der Waals surface area contributed by atoms with Crippen LogP contribution in [0.4, 0.5) is 0 Å². The van der Waals surface area contributed by atoms with Crippen molar-refractivity contribution in [1.29, 1.82) is 0 Å². The second kappa shape index (κ2) is 12.9. The quantitative estimate of drug-likeness (QED) is 0.334. The minimum atomic E-state index is 0.775. The average molecular weight is 449 g/mol. The molecular weight excluding hydrogens is 408 g/mol. The third-order valence-corrected chi connectivity index (χ3v) is 6.82. The number of halogens is 1. The van der Waals surface area contributed by atoms with Gasteiger partial charge < -0.3 is 0 Å². The predicted molar refractivity (Wildman–Crippen MR) is 145 cm³/mol. The Morgan fingerprint density at radius 2 is 1.62 bits per heavy atom. The van der Waals surface area contributed by atoms with Gasteiger partial charge in [0.15, 0.2) is 0 Å². The molecule has 0 bridgehead atoms. The Hall–Kier alpha value is -2.05. The first kappa shape index (κ1) is 26.2. The zero-order chi connectivity index (χ0) is 23.7. The molecule has 32 heavy (non-hydrogen) atoms. The van der Waals surface area contributed by atoms with Crippen LogP contribution in [0.5, 0.6) is 0 Å². The molecule has 1 unspecified atom stereocenters. The molecule has 1 atom stereocenters. The molecule has 0 saturated heterocycles. The molecule has 0 heterocycles. The third kappa shape index (κ3) is 6.97. The summed E-state index contributed by atoms with van der Waals surface area (Å²) in [6, 6.07) is 14.7. The van der Waals surface area contributed by atoms with Crippen molar-refractivity contribution < 1.29 is 0 Å². The molecule has 0 spiro atoms. The fourth-order valence-electron chi connectivity index (χ4n) is 4.56. The summed E-state index contributed by atoms with van der Waals surface area (Å²) in [5.74, 6) is 0.796. The van der Waals surface area contributed by atoms with Crippen LogP contribution in [0.15, 0.2) is 72.3 Å². The molecule has 2 aromatic rings. The third-order valence-electron chi connectivity index (χ3n) is 6.57. The van der Waals surface area contributed by atoms with Crippen LogP contribution in [-0.2, 0) is 6.42 Å². The van der Waals surface area contributed by atoms with Crippen molar-refractivity contribution in [2.45, 2.75) is 79.6 Å². The number of fused-ring (bicyclic) bond motifs is 1. The van der Waals surface area contributed by atoms with Crippen LogP contribution in [0.2, 0.25) is 5.02 Å². The van der Waals surface area contributed by atoms with Gasteiger partial charge in [-0.15, -0.1) is 0 Å². The normalized spacial score (nSPS) is 13.3. The molecule has 0 aliphatic heterocycles. The molecule has 3 rings (SSSR count). The summed E-state index contributed by atoms with van der Waals surface area (Å²) in [4.78, 5) is 0. The lowest BCUT2D eigenvalue weighted by Crippen LogP contribution is -2.01. The first-order valence-electron chi connectivity index (χ1n) is 12.2. The van der Waals surface area contributed by atoms with Crippen molar-refractivity contribution in [3.8, 4) is 11.1 Å². The van der Waals surface area contributed by atoms with E-state index in [0.29, 0.717) is 0 Å². The highest BCUT2D eigenvalue weighted by Gasteiger charge is 2.19.